The molecule has 1 rings (SSSR count). The Balaban J connectivity index is 2.40. The van der Waals surface area contributed by atoms with Crippen molar-refractivity contribution < 1.29 is 9.15 Å². The van der Waals surface area contributed by atoms with Crippen LogP contribution in [0.4, 0.5) is 0 Å². The van der Waals surface area contributed by atoms with Gasteiger partial charge in [-0.3, -0.25) is 0 Å². The van der Waals surface area contributed by atoms with Gasteiger partial charge in [-0.25, -0.2) is 0 Å². The first-order valence-corrected chi connectivity index (χ1v) is 7.49. The van der Waals surface area contributed by atoms with E-state index in [9.17, 15) is 0 Å². The summed E-state index contributed by atoms with van der Waals surface area (Å²) in [6.07, 6.45) is 1.06. The van der Waals surface area contributed by atoms with Crippen molar-refractivity contribution in [2.75, 3.05) is 33.9 Å². The van der Waals surface area contributed by atoms with Crippen LogP contribution in [0.15, 0.2) is 10.5 Å². The lowest BCUT2D eigenvalue weighted by Crippen LogP contribution is -2.20. The van der Waals surface area contributed by atoms with Gasteiger partial charge in [0.1, 0.15) is 11.5 Å². The summed E-state index contributed by atoms with van der Waals surface area (Å²) in [5.74, 6) is 2.73. The second-order valence-electron chi connectivity index (χ2n) is 5.90. The van der Waals surface area contributed by atoms with E-state index in [1.165, 1.54) is 5.56 Å². The quantitative estimate of drug-likeness (QED) is 0.670. The maximum Gasteiger partial charge on any atom is 0.118 e. The monoisotopic (exact) mass is 282 g/mol. The maximum atomic E-state index is 5.81. The number of rotatable bonds is 10. The molecule has 0 saturated carbocycles. The van der Waals surface area contributed by atoms with E-state index in [4.69, 9.17) is 9.15 Å². The van der Waals surface area contributed by atoms with Gasteiger partial charge in [-0.05, 0) is 38.9 Å². The van der Waals surface area contributed by atoms with Crippen molar-refractivity contribution >= 4 is 0 Å². The zero-order valence-electron chi connectivity index (χ0n) is 13.7. The third-order valence-electron chi connectivity index (χ3n) is 3.25. The molecule has 0 spiro atoms. The SMILES string of the molecule is COCCCN(C)Cc1cc(CNCC(C)C)oc1C. The van der Waals surface area contributed by atoms with E-state index >= 15 is 0 Å². The van der Waals surface area contributed by atoms with E-state index in [1.807, 2.05) is 6.92 Å². The first kappa shape index (κ1) is 17.2. The number of furan rings is 1. The Kier molecular flexibility index (Phi) is 7.88. The molecule has 1 aromatic rings. The molecule has 0 radical (unpaired) electrons. The molecule has 0 unspecified atom stereocenters. The number of aryl methyl sites for hydroxylation is 1. The number of nitrogens with zero attached hydrogens (tertiary/aromatic N) is 1. The molecule has 0 fully saturated rings. The van der Waals surface area contributed by atoms with Gasteiger partial charge in [-0.1, -0.05) is 13.8 Å². The topological polar surface area (TPSA) is 37.6 Å². The molecule has 1 heterocycles. The van der Waals surface area contributed by atoms with Gasteiger partial charge < -0.3 is 19.4 Å². The Morgan fingerprint density at radius 2 is 2.15 bits per heavy atom. The van der Waals surface area contributed by atoms with Gasteiger partial charge in [0.25, 0.3) is 0 Å². The molecule has 0 aliphatic rings. The number of nitrogens with one attached hydrogen (secondary N) is 1. The molecule has 4 nitrogen and oxygen atoms in total. The normalized spacial score (nSPS) is 11.8. The highest BCUT2D eigenvalue weighted by atomic mass is 16.5. The third kappa shape index (κ3) is 6.55. The third-order valence-corrected chi connectivity index (χ3v) is 3.25. The van der Waals surface area contributed by atoms with E-state index in [0.29, 0.717) is 5.92 Å². The largest absolute Gasteiger partial charge is 0.465 e. The highest BCUT2D eigenvalue weighted by Crippen LogP contribution is 2.16. The molecule has 20 heavy (non-hydrogen) atoms. The van der Waals surface area contributed by atoms with Crippen molar-refractivity contribution in [2.24, 2.45) is 5.92 Å². The van der Waals surface area contributed by atoms with Crippen LogP contribution in [0.25, 0.3) is 0 Å². The zero-order valence-corrected chi connectivity index (χ0v) is 13.7. The number of hydrogen-bond donors (Lipinski definition) is 1. The Morgan fingerprint density at radius 3 is 2.80 bits per heavy atom. The van der Waals surface area contributed by atoms with Crippen molar-refractivity contribution in [3.8, 4) is 0 Å². The van der Waals surface area contributed by atoms with Crippen LogP contribution in [0.1, 0.15) is 37.4 Å². The summed E-state index contributed by atoms with van der Waals surface area (Å²) >= 11 is 0. The predicted octanol–water partition coefficient (Wildman–Crippen LogP) is 2.80. The minimum Gasteiger partial charge on any atom is -0.465 e. The van der Waals surface area contributed by atoms with Crippen LogP contribution in [0.3, 0.4) is 0 Å². The molecule has 0 saturated heterocycles. The summed E-state index contributed by atoms with van der Waals surface area (Å²) in [6.45, 7) is 11.1. The smallest absolute Gasteiger partial charge is 0.118 e. The lowest BCUT2D eigenvalue weighted by molar-refractivity contribution is 0.178. The van der Waals surface area contributed by atoms with E-state index in [1.54, 1.807) is 7.11 Å². The van der Waals surface area contributed by atoms with Gasteiger partial charge in [-0.15, -0.1) is 0 Å². The van der Waals surface area contributed by atoms with Crippen molar-refractivity contribution in [3.05, 3.63) is 23.2 Å². The van der Waals surface area contributed by atoms with Crippen molar-refractivity contribution in [1.82, 2.24) is 10.2 Å². The molecule has 4 heteroatoms. The van der Waals surface area contributed by atoms with Crippen LogP contribution in [0.5, 0.6) is 0 Å². The van der Waals surface area contributed by atoms with Crippen LogP contribution in [0, 0.1) is 12.8 Å². The first-order valence-electron chi connectivity index (χ1n) is 7.49. The zero-order chi connectivity index (χ0) is 15.0. The number of ether oxygens (including phenoxy) is 1. The molecule has 116 valence electrons. The van der Waals surface area contributed by atoms with Crippen molar-refractivity contribution in [1.29, 1.82) is 0 Å². The molecular formula is C16H30N2O2. The molecule has 0 aliphatic heterocycles. The van der Waals surface area contributed by atoms with E-state index < -0.39 is 0 Å². The maximum absolute atomic E-state index is 5.81. The molecular weight excluding hydrogens is 252 g/mol. The van der Waals surface area contributed by atoms with Crippen molar-refractivity contribution in [3.63, 3.8) is 0 Å². The molecule has 0 aromatic carbocycles. The average Bonchev–Trinajstić information content (AvgIpc) is 2.70. The Hall–Kier alpha value is -0.840. The Labute approximate surface area is 123 Å². The van der Waals surface area contributed by atoms with Crippen LogP contribution < -0.4 is 5.32 Å². The van der Waals surface area contributed by atoms with Gasteiger partial charge in [0.2, 0.25) is 0 Å². The predicted molar refractivity (Wildman–Crippen MR) is 82.8 cm³/mol. The molecule has 0 atom stereocenters. The molecule has 1 aromatic heterocycles. The summed E-state index contributed by atoms with van der Waals surface area (Å²) < 4.78 is 10.9. The first-order chi connectivity index (χ1) is 9.52. The minimum atomic E-state index is 0.664. The Bertz CT molecular complexity index is 375. The Morgan fingerprint density at radius 1 is 1.40 bits per heavy atom. The van der Waals surface area contributed by atoms with Gasteiger partial charge in [0.05, 0.1) is 6.54 Å². The van der Waals surface area contributed by atoms with Gasteiger partial charge >= 0.3 is 0 Å². The second-order valence-corrected chi connectivity index (χ2v) is 5.90. The van der Waals surface area contributed by atoms with Crippen LogP contribution in [-0.4, -0.2) is 38.8 Å². The summed E-state index contributed by atoms with van der Waals surface area (Å²) in [5, 5.41) is 3.41. The lowest BCUT2D eigenvalue weighted by atomic mass is 10.2. The van der Waals surface area contributed by atoms with Gasteiger partial charge in [-0.2, -0.15) is 0 Å². The number of methoxy groups -OCH3 is 1. The van der Waals surface area contributed by atoms with Crippen molar-refractivity contribution in [2.45, 2.75) is 40.3 Å². The van der Waals surface area contributed by atoms with E-state index in [0.717, 1.165) is 50.7 Å². The van der Waals surface area contributed by atoms with Gasteiger partial charge in [0.15, 0.2) is 0 Å². The average molecular weight is 282 g/mol. The second kappa shape index (κ2) is 9.16. The van der Waals surface area contributed by atoms with Crippen LogP contribution in [-0.2, 0) is 17.8 Å². The molecule has 0 amide bonds. The fraction of sp³-hybridized carbons (Fsp3) is 0.750. The van der Waals surface area contributed by atoms with Crippen LogP contribution >= 0.6 is 0 Å². The highest BCUT2D eigenvalue weighted by molar-refractivity contribution is 5.20. The summed E-state index contributed by atoms with van der Waals surface area (Å²) in [4.78, 5) is 2.31. The molecule has 0 bridgehead atoms. The van der Waals surface area contributed by atoms with E-state index in [2.05, 4.69) is 37.2 Å². The standard InChI is InChI=1S/C16H30N2O2/c1-13(2)10-17-11-16-9-15(14(3)20-16)12-18(4)7-6-8-19-5/h9,13,17H,6-8,10-12H2,1-5H3. The molecule has 1 N–H and O–H groups in total. The van der Waals surface area contributed by atoms with Crippen LogP contribution in [0.2, 0.25) is 0 Å². The summed E-state index contributed by atoms with van der Waals surface area (Å²) in [7, 11) is 3.88. The summed E-state index contributed by atoms with van der Waals surface area (Å²) in [6, 6.07) is 2.18. The van der Waals surface area contributed by atoms with E-state index in [-0.39, 0.29) is 0 Å². The molecule has 0 aliphatic carbocycles. The fourth-order valence-corrected chi connectivity index (χ4v) is 2.16. The summed E-state index contributed by atoms with van der Waals surface area (Å²) in [5.41, 5.74) is 1.28. The van der Waals surface area contributed by atoms with Gasteiger partial charge in [0, 0.05) is 32.4 Å². The lowest BCUT2D eigenvalue weighted by Gasteiger charge is -2.15. The number of hydrogen-bond acceptors (Lipinski definition) is 4. The fourth-order valence-electron chi connectivity index (χ4n) is 2.16. The minimum absolute atomic E-state index is 0.664. The highest BCUT2D eigenvalue weighted by Gasteiger charge is 2.09.